The number of hydrogen-bond donors (Lipinski definition) is 1. The summed E-state index contributed by atoms with van der Waals surface area (Å²) in [6, 6.07) is 2.06. The van der Waals surface area contributed by atoms with Crippen molar-refractivity contribution in [1.29, 1.82) is 0 Å². The van der Waals surface area contributed by atoms with Crippen molar-refractivity contribution in [2.45, 2.75) is 51.6 Å². The molecule has 0 radical (unpaired) electrons. The van der Waals surface area contributed by atoms with Crippen molar-refractivity contribution in [3.63, 3.8) is 0 Å². The van der Waals surface area contributed by atoms with E-state index in [1.165, 1.54) is 0 Å². The second-order valence-corrected chi connectivity index (χ2v) is 6.49. The van der Waals surface area contributed by atoms with E-state index in [4.69, 9.17) is 9.52 Å². The van der Waals surface area contributed by atoms with E-state index in [-0.39, 0.29) is 12.5 Å². The fraction of sp³-hybridized carbons (Fsp3) is 0.688. The molecule has 1 aliphatic heterocycles. The normalized spacial score (nSPS) is 19.6. The van der Waals surface area contributed by atoms with Crippen molar-refractivity contribution in [1.82, 2.24) is 24.9 Å². The van der Waals surface area contributed by atoms with Crippen LogP contribution in [-0.2, 0) is 13.1 Å². The van der Waals surface area contributed by atoms with Crippen LogP contribution in [0.1, 0.15) is 56.0 Å². The first-order valence-corrected chi connectivity index (χ1v) is 8.34. The van der Waals surface area contributed by atoms with Gasteiger partial charge in [0.1, 0.15) is 0 Å². The number of aliphatic hydroxyl groups is 1. The van der Waals surface area contributed by atoms with Crippen molar-refractivity contribution < 1.29 is 9.52 Å². The van der Waals surface area contributed by atoms with Gasteiger partial charge in [-0.2, -0.15) is 5.10 Å². The van der Waals surface area contributed by atoms with Gasteiger partial charge in [-0.15, -0.1) is 10.2 Å². The molecule has 7 heteroatoms. The number of piperidine rings is 1. The van der Waals surface area contributed by atoms with Crippen LogP contribution < -0.4 is 0 Å². The summed E-state index contributed by atoms with van der Waals surface area (Å²) in [4.78, 5) is 2.36. The van der Waals surface area contributed by atoms with Gasteiger partial charge in [0.2, 0.25) is 11.8 Å². The van der Waals surface area contributed by atoms with Crippen molar-refractivity contribution >= 4 is 0 Å². The van der Waals surface area contributed by atoms with Crippen molar-refractivity contribution in [3.8, 4) is 0 Å². The predicted molar refractivity (Wildman–Crippen MR) is 85.0 cm³/mol. The minimum Gasteiger partial charge on any atom is -0.424 e. The number of aliphatic hydroxyl groups excluding tert-OH is 1. The minimum atomic E-state index is 0.118. The molecule has 0 unspecified atom stereocenters. The molecule has 0 aromatic carbocycles. The van der Waals surface area contributed by atoms with Gasteiger partial charge in [0.05, 0.1) is 25.4 Å². The highest BCUT2D eigenvalue weighted by atomic mass is 16.4. The molecule has 0 amide bonds. The maximum atomic E-state index is 8.99. The summed E-state index contributed by atoms with van der Waals surface area (Å²) in [6.45, 7) is 7.48. The highest BCUT2D eigenvalue weighted by molar-refractivity contribution is 5.08. The Morgan fingerprint density at radius 2 is 2.26 bits per heavy atom. The zero-order valence-corrected chi connectivity index (χ0v) is 13.9. The lowest BCUT2D eigenvalue weighted by Gasteiger charge is -2.30. The molecule has 126 valence electrons. The molecule has 0 bridgehead atoms. The third-order valence-corrected chi connectivity index (χ3v) is 4.25. The minimum absolute atomic E-state index is 0.118. The fourth-order valence-electron chi connectivity index (χ4n) is 3.02. The SMILES string of the molecule is CC(C)c1nnc(CN2CCC[C@H](c3ccn(CCO)n3)C2)o1. The Hall–Kier alpha value is -1.73. The lowest BCUT2D eigenvalue weighted by Crippen LogP contribution is -2.34. The monoisotopic (exact) mass is 319 g/mol. The molecule has 1 N–H and O–H groups in total. The van der Waals surface area contributed by atoms with Crippen LogP contribution in [0.4, 0.5) is 0 Å². The van der Waals surface area contributed by atoms with E-state index < -0.39 is 0 Å². The third-order valence-electron chi connectivity index (χ3n) is 4.25. The molecule has 1 aliphatic rings. The molecule has 1 fully saturated rings. The van der Waals surface area contributed by atoms with E-state index in [1.54, 1.807) is 4.68 Å². The standard InChI is InChI=1S/C16H25N5O2/c1-12(2)16-18-17-15(23-16)11-20-6-3-4-13(10-20)14-5-7-21(19-14)8-9-22/h5,7,12-13,22H,3-4,6,8-11H2,1-2H3/t13-/m0/s1. The first-order chi connectivity index (χ1) is 11.2. The summed E-state index contributed by atoms with van der Waals surface area (Å²) in [5.74, 6) is 2.09. The van der Waals surface area contributed by atoms with Crippen LogP contribution in [-0.4, -0.2) is 49.7 Å². The Morgan fingerprint density at radius 3 is 3.00 bits per heavy atom. The van der Waals surface area contributed by atoms with Crippen LogP contribution >= 0.6 is 0 Å². The van der Waals surface area contributed by atoms with Gasteiger partial charge >= 0.3 is 0 Å². The molecule has 23 heavy (non-hydrogen) atoms. The summed E-state index contributed by atoms with van der Waals surface area (Å²) >= 11 is 0. The summed E-state index contributed by atoms with van der Waals surface area (Å²) < 4.78 is 7.52. The van der Waals surface area contributed by atoms with E-state index in [1.807, 2.05) is 6.20 Å². The quantitative estimate of drug-likeness (QED) is 0.874. The molecule has 1 atom stereocenters. The molecule has 0 spiro atoms. The summed E-state index contributed by atoms with van der Waals surface area (Å²) in [6.07, 6.45) is 4.23. The largest absolute Gasteiger partial charge is 0.424 e. The van der Waals surface area contributed by atoms with Crippen LogP contribution in [0.2, 0.25) is 0 Å². The number of hydrogen-bond acceptors (Lipinski definition) is 6. The topological polar surface area (TPSA) is 80.2 Å². The molecule has 3 rings (SSSR count). The number of likely N-dealkylation sites (tertiary alicyclic amines) is 1. The van der Waals surface area contributed by atoms with Crippen molar-refractivity contribution in [3.05, 3.63) is 29.7 Å². The van der Waals surface area contributed by atoms with Crippen molar-refractivity contribution in [2.24, 2.45) is 0 Å². The highest BCUT2D eigenvalue weighted by Gasteiger charge is 2.24. The molecule has 7 nitrogen and oxygen atoms in total. The van der Waals surface area contributed by atoms with E-state index in [0.29, 0.717) is 30.8 Å². The Morgan fingerprint density at radius 1 is 1.39 bits per heavy atom. The fourth-order valence-corrected chi connectivity index (χ4v) is 3.02. The number of rotatable bonds is 6. The average Bonchev–Trinajstić information content (AvgIpc) is 3.17. The second-order valence-electron chi connectivity index (χ2n) is 6.49. The maximum absolute atomic E-state index is 8.99. The average molecular weight is 319 g/mol. The lowest BCUT2D eigenvalue weighted by molar-refractivity contribution is 0.180. The van der Waals surface area contributed by atoms with E-state index in [2.05, 4.69) is 40.1 Å². The highest BCUT2D eigenvalue weighted by Crippen LogP contribution is 2.26. The Kier molecular flexibility index (Phi) is 5.07. The second kappa shape index (κ2) is 7.23. The molecule has 0 aliphatic carbocycles. The van der Waals surface area contributed by atoms with Crippen molar-refractivity contribution in [2.75, 3.05) is 19.7 Å². The molecule has 2 aromatic rings. The van der Waals surface area contributed by atoms with E-state index >= 15 is 0 Å². The zero-order valence-electron chi connectivity index (χ0n) is 13.9. The summed E-state index contributed by atoms with van der Waals surface area (Å²) in [5, 5.41) is 21.8. The van der Waals surface area contributed by atoms with Gasteiger partial charge < -0.3 is 9.52 Å². The van der Waals surface area contributed by atoms with Gasteiger partial charge in [0, 0.05) is 24.6 Å². The first-order valence-electron chi connectivity index (χ1n) is 8.34. The van der Waals surface area contributed by atoms with Crippen LogP contribution in [0.3, 0.4) is 0 Å². The van der Waals surface area contributed by atoms with Gasteiger partial charge in [-0.25, -0.2) is 0 Å². The van der Waals surface area contributed by atoms with Gasteiger partial charge in [-0.05, 0) is 25.5 Å². The molecular weight excluding hydrogens is 294 g/mol. The molecule has 3 heterocycles. The van der Waals surface area contributed by atoms with E-state index in [0.717, 1.165) is 31.6 Å². The molecular formula is C16H25N5O2. The summed E-state index contributed by atoms with van der Waals surface area (Å²) in [5.41, 5.74) is 1.11. The van der Waals surface area contributed by atoms with Gasteiger partial charge in [0.15, 0.2) is 0 Å². The Labute approximate surface area is 136 Å². The zero-order chi connectivity index (χ0) is 16.2. The summed E-state index contributed by atoms with van der Waals surface area (Å²) in [7, 11) is 0. The Bertz CT molecular complexity index is 622. The third kappa shape index (κ3) is 3.97. The first kappa shape index (κ1) is 16.1. The number of aromatic nitrogens is 4. The van der Waals surface area contributed by atoms with Gasteiger partial charge in [-0.3, -0.25) is 9.58 Å². The molecule has 0 saturated carbocycles. The van der Waals surface area contributed by atoms with Crippen LogP contribution in [0.15, 0.2) is 16.7 Å². The number of nitrogens with zero attached hydrogens (tertiary/aromatic N) is 5. The van der Waals surface area contributed by atoms with Crippen LogP contribution in [0, 0.1) is 0 Å². The lowest BCUT2D eigenvalue weighted by atomic mass is 9.95. The van der Waals surface area contributed by atoms with Crippen LogP contribution in [0.25, 0.3) is 0 Å². The molecule has 1 saturated heterocycles. The maximum Gasteiger partial charge on any atom is 0.230 e. The smallest absolute Gasteiger partial charge is 0.230 e. The van der Waals surface area contributed by atoms with Gasteiger partial charge in [0.25, 0.3) is 0 Å². The molecule has 2 aromatic heterocycles. The predicted octanol–water partition coefficient (Wildman–Crippen LogP) is 1.76. The van der Waals surface area contributed by atoms with Gasteiger partial charge in [-0.1, -0.05) is 13.8 Å². The van der Waals surface area contributed by atoms with Crippen LogP contribution in [0.5, 0.6) is 0 Å². The Balaban J connectivity index is 1.60. The van der Waals surface area contributed by atoms with E-state index in [9.17, 15) is 0 Å².